The number of carbonyl (C=O) groups is 3. The van der Waals surface area contributed by atoms with Gasteiger partial charge < -0.3 is 14.8 Å². The van der Waals surface area contributed by atoms with Gasteiger partial charge in [-0.3, -0.25) is 14.4 Å². The summed E-state index contributed by atoms with van der Waals surface area (Å²) in [6, 6.07) is 10.0. The molecule has 2 aromatic rings. The van der Waals surface area contributed by atoms with Crippen LogP contribution in [0.15, 0.2) is 40.8 Å². The molecule has 0 atom stereocenters. The van der Waals surface area contributed by atoms with E-state index < -0.39 is 11.9 Å². The van der Waals surface area contributed by atoms with E-state index in [1.165, 1.54) is 13.0 Å². The highest BCUT2D eigenvalue weighted by atomic mass is 16.4. The van der Waals surface area contributed by atoms with Crippen LogP contribution in [0.1, 0.15) is 34.3 Å². The number of carboxylic acid groups (broad SMARTS) is 1. The molecule has 1 amide bonds. The minimum absolute atomic E-state index is 0.0236. The lowest BCUT2D eigenvalue weighted by Crippen LogP contribution is -2.25. The lowest BCUT2D eigenvalue weighted by atomic mass is 10.1. The Labute approximate surface area is 126 Å². The molecule has 6 nitrogen and oxygen atoms in total. The average molecular weight is 301 g/mol. The summed E-state index contributed by atoms with van der Waals surface area (Å²) < 4.78 is 5.44. The first-order valence-corrected chi connectivity index (χ1v) is 6.68. The molecule has 2 rings (SSSR count). The normalized spacial score (nSPS) is 10.2. The number of nitrogens with one attached hydrogen (secondary N) is 1. The SMILES string of the molecule is CC(=O)c1ccc(-c2ccc(C(=O)NCCC(=O)O)o2)cc1. The fourth-order valence-corrected chi connectivity index (χ4v) is 1.85. The van der Waals surface area contributed by atoms with Gasteiger partial charge in [-0.25, -0.2) is 0 Å². The number of hydrogen-bond donors (Lipinski definition) is 2. The van der Waals surface area contributed by atoms with Crippen molar-refractivity contribution in [2.24, 2.45) is 0 Å². The number of ketones is 1. The van der Waals surface area contributed by atoms with Crippen molar-refractivity contribution in [2.45, 2.75) is 13.3 Å². The van der Waals surface area contributed by atoms with E-state index in [4.69, 9.17) is 9.52 Å². The van der Waals surface area contributed by atoms with Crippen molar-refractivity contribution >= 4 is 17.7 Å². The summed E-state index contributed by atoms with van der Waals surface area (Å²) in [5.74, 6) is -0.863. The van der Waals surface area contributed by atoms with Gasteiger partial charge in [-0.2, -0.15) is 0 Å². The first kappa shape index (κ1) is 15.5. The summed E-state index contributed by atoms with van der Waals surface area (Å²) in [6.07, 6.45) is -0.147. The quantitative estimate of drug-likeness (QED) is 0.798. The molecule has 1 aromatic heterocycles. The molecule has 1 aromatic carbocycles. The number of carbonyl (C=O) groups excluding carboxylic acids is 2. The number of hydrogen-bond acceptors (Lipinski definition) is 4. The molecule has 0 aliphatic carbocycles. The van der Waals surface area contributed by atoms with Gasteiger partial charge in [0.05, 0.1) is 6.42 Å². The standard InChI is InChI=1S/C16H15NO5/c1-10(18)11-2-4-12(5-3-11)13-6-7-14(22-13)16(21)17-9-8-15(19)20/h2-7H,8-9H2,1H3,(H,17,21)(H,19,20). The molecule has 0 bridgehead atoms. The fourth-order valence-electron chi connectivity index (χ4n) is 1.85. The molecule has 6 heteroatoms. The lowest BCUT2D eigenvalue weighted by Gasteiger charge is -2.01. The third kappa shape index (κ3) is 3.82. The maximum Gasteiger partial charge on any atom is 0.305 e. The predicted molar refractivity (Wildman–Crippen MR) is 78.7 cm³/mol. The number of aliphatic carboxylic acids is 1. The molecule has 22 heavy (non-hydrogen) atoms. The summed E-state index contributed by atoms with van der Waals surface area (Å²) in [5.41, 5.74) is 1.34. The van der Waals surface area contributed by atoms with E-state index in [0.717, 1.165) is 5.56 Å². The van der Waals surface area contributed by atoms with Crippen molar-refractivity contribution in [1.29, 1.82) is 0 Å². The molecule has 0 saturated carbocycles. The monoisotopic (exact) mass is 301 g/mol. The van der Waals surface area contributed by atoms with Crippen LogP contribution in [-0.2, 0) is 4.79 Å². The highest BCUT2D eigenvalue weighted by Crippen LogP contribution is 2.22. The maximum absolute atomic E-state index is 11.8. The van der Waals surface area contributed by atoms with Gasteiger partial charge in [-0.1, -0.05) is 24.3 Å². The highest BCUT2D eigenvalue weighted by molar-refractivity contribution is 5.94. The number of Topliss-reactive ketones (excluding diaryl/α,β-unsaturated/α-hetero) is 1. The van der Waals surface area contributed by atoms with Gasteiger partial charge in [0.1, 0.15) is 5.76 Å². The van der Waals surface area contributed by atoms with Crippen LogP contribution in [0.4, 0.5) is 0 Å². The zero-order valence-electron chi connectivity index (χ0n) is 12.0. The van der Waals surface area contributed by atoms with E-state index in [-0.39, 0.29) is 24.5 Å². The van der Waals surface area contributed by atoms with Crippen LogP contribution in [-0.4, -0.2) is 29.3 Å². The van der Waals surface area contributed by atoms with Gasteiger partial charge in [0, 0.05) is 17.7 Å². The molecule has 114 valence electrons. The van der Waals surface area contributed by atoms with Gasteiger partial charge in [-0.05, 0) is 19.1 Å². The maximum atomic E-state index is 11.8. The number of amides is 1. The molecule has 2 N–H and O–H groups in total. The van der Waals surface area contributed by atoms with E-state index in [0.29, 0.717) is 11.3 Å². The average Bonchev–Trinajstić information content (AvgIpc) is 2.96. The van der Waals surface area contributed by atoms with E-state index in [9.17, 15) is 14.4 Å². The number of rotatable bonds is 6. The molecule has 0 fully saturated rings. The van der Waals surface area contributed by atoms with Gasteiger partial charge >= 0.3 is 5.97 Å². The minimum atomic E-state index is -0.981. The topological polar surface area (TPSA) is 96.6 Å². The minimum Gasteiger partial charge on any atom is -0.481 e. The van der Waals surface area contributed by atoms with Gasteiger partial charge in [0.15, 0.2) is 11.5 Å². The Hall–Kier alpha value is -2.89. The van der Waals surface area contributed by atoms with Gasteiger partial charge in [0.2, 0.25) is 0 Å². The van der Waals surface area contributed by atoms with Crippen LogP contribution in [0.3, 0.4) is 0 Å². The second-order valence-corrected chi connectivity index (χ2v) is 4.70. The first-order chi connectivity index (χ1) is 10.5. The third-order valence-corrected chi connectivity index (χ3v) is 3.03. The Kier molecular flexibility index (Phi) is 4.73. The Balaban J connectivity index is 2.05. The summed E-state index contributed by atoms with van der Waals surface area (Å²) in [4.78, 5) is 33.4. The largest absolute Gasteiger partial charge is 0.481 e. The van der Waals surface area contributed by atoms with Crippen LogP contribution in [0.25, 0.3) is 11.3 Å². The molecule has 0 radical (unpaired) electrons. The van der Waals surface area contributed by atoms with Crippen molar-refractivity contribution in [3.05, 3.63) is 47.7 Å². The predicted octanol–water partition coefficient (Wildman–Crippen LogP) is 2.35. The fraction of sp³-hybridized carbons (Fsp3) is 0.188. The van der Waals surface area contributed by atoms with E-state index >= 15 is 0 Å². The zero-order chi connectivity index (χ0) is 16.1. The van der Waals surface area contributed by atoms with Crippen LogP contribution in [0.2, 0.25) is 0 Å². The van der Waals surface area contributed by atoms with Crippen molar-refractivity contribution in [3.63, 3.8) is 0 Å². The smallest absolute Gasteiger partial charge is 0.305 e. The van der Waals surface area contributed by atoms with Crippen LogP contribution >= 0.6 is 0 Å². The molecule has 0 aliphatic rings. The van der Waals surface area contributed by atoms with Crippen LogP contribution < -0.4 is 5.32 Å². The zero-order valence-corrected chi connectivity index (χ0v) is 12.0. The van der Waals surface area contributed by atoms with E-state index in [1.54, 1.807) is 30.3 Å². The second kappa shape index (κ2) is 6.71. The number of benzene rings is 1. The third-order valence-electron chi connectivity index (χ3n) is 3.03. The highest BCUT2D eigenvalue weighted by Gasteiger charge is 2.12. The first-order valence-electron chi connectivity index (χ1n) is 6.68. The molecular weight excluding hydrogens is 286 g/mol. The van der Waals surface area contributed by atoms with Crippen molar-refractivity contribution in [3.8, 4) is 11.3 Å². The molecule has 1 heterocycles. The molecule has 0 unspecified atom stereocenters. The molecule has 0 aliphatic heterocycles. The lowest BCUT2D eigenvalue weighted by molar-refractivity contribution is -0.136. The summed E-state index contributed by atoms with van der Waals surface area (Å²) >= 11 is 0. The van der Waals surface area contributed by atoms with E-state index in [2.05, 4.69) is 5.32 Å². The van der Waals surface area contributed by atoms with Gasteiger partial charge in [-0.15, -0.1) is 0 Å². The number of carboxylic acids is 1. The van der Waals surface area contributed by atoms with E-state index in [1.807, 2.05) is 0 Å². The Morgan fingerprint density at radius 1 is 1.09 bits per heavy atom. The Bertz CT molecular complexity index is 700. The number of furan rings is 1. The van der Waals surface area contributed by atoms with Gasteiger partial charge in [0.25, 0.3) is 5.91 Å². The van der Waals surface area contributed by atoms with Crippen LogP contribution in [0, 0.1) is 0 Å². The van der Waals surface area contributed by atoms with Crippen molar-refractivity contribution in [1.82, 2.24) is 5.32 Å². The summed E-state index contributed by atoms with van der Waals surface area (Å²) in [7, 11) is 0. The van der Waals surface area contributed by atoms with Crippen LogP contribution in [0.5, 0.6) is 0 Å². The molecule has 0 saturated heterocycles. The van der Waals surface area contributed by atoms with Crippen molar-refractivity contribution in [2.75, 3.05) is 6.54 Å². The molecular formula is C16H15NO5. The summed E-state index contributed by atoms with van der Waals surface area (Å²) in [6.45, 7) is 1.53. The second-order valence-electron chi connectivity index (χ2n) is 4.70. The molecule has 0 spiro atoms. The Morgan fingerprint density at radius 2 is 1.77 bits per heavy atom. The van der Waals surface area contributed by atoms with Crippen molar-refractivity contribution < 1.29 is 23.9 Å². The summed E-state index contributed by atoms with van der Waals surface area (Å²) in [5, 5.41) is 11.0. The Morgan fingerprint density at radius 3 is 2.36 bits per heavy atom.